The minimum atomic E-state index is 0.586. The Hall–Kier alpha value is -0.730. The molecule has 1 aromatic rings. The standard InChI is InChI=1S/C11H14ClNO/c1-14-11-5-9(4-10(12)6-11)8-2-3-13-7-8/h4-6,8,13H,2-3,7H2,1H3/t8-/m1/s1. The fraction of sp³-hybridized carbons (Fsp3) is 0.455. The van der Waals surface area contributed by atoms with E-state index in [1.165, 1.54) is 12.0 Å². The third kappa shape index (κ3) is 2.02. The summed E-state index contributed by atoms with van der Waals surface area (Å²) in [6.45, 7) is 2.14. The van der Waals surface area contributed by atoms with Gasteiger partial charge in [-0.25, -0.2) is 0 Å². The Morgan fingerprint density at radius 1 is 1.43 bits per heavy atom. The van der Waals surface area contributed by atoms with E-state index in [2.05, 4.69) is 11.4 Å². The van der Waals surface area contributed by atoms with E-state index >= 15 is 0 Å². The van der Waals surface area contributed by atoms with E-state index in [4.69, 9.17) is 16.3 Å². The predicted octanol–water partition coefficient (Wildman–Crippen LogP) is 2.43. The van der Waals surface area contributed by atoms with Crippen molar-refractivity contribution in [2.24, 2.45) is 0 Å². The lowest BCUT2D eigenvalue weighted by Gasteiger charge is -2.11. The minimum absolute atomic E-state index is 0.586. The Kier molecular flexibility index (Phi) is 2.94. The summed E-state index contributed by atoms with van der Waals surface area (Å²) in [5.74, 6) is 1.43. The molecular formula is C11H14ClNO. The lowest BCUT2D eigenvalue weighted by atomic mass is 9.98. The molecule has 1 fully saturated rings. The molecule has 2 nitrogen and oxygen atoms in total. The Morgan fingerprint density at radius 2 is 2.29 bits per heavy atom. The van der Waals surface area contributed by atoms with Gasteiger partial charge in [-0.3, -0.25) is 0 Å². The van der Waals surface area contributed by atoms with Crippen molar-refractivity contribution in [1.82, 2.24) is 5.32 Å². The number of hydrogen-bond donors (Lipinski definition) is 1. The Morgan fingerprint density at radius 3 is 2.93 bits per heavy atom. The van der Waals surface area contributed by atoms with Crippen LogP contribution in [0.2, 0.25) is 5.02 Å². The molecular weight excluding hydrogens is 198 g/mol. The Bertz CT molecular complexity index is 321. The van der Waals surface area contributed by atoms with Crippen molar-refractivity contribution in [3.63, 3.8) is 0 Å². The first-order chi connectivity index (χ1) is 6.79. The zero-order valence-corrected chi connectivity index (χ0v) is 8.97. The molecule has 0 unspecified atom stereocenters. The summed E-state index contributed by atoms with van der Waals surface area (Å²) in [7, 11) is 1.67. The summed E-state index contributed by atoms with van der Waals surface area (Å²) in [4.78, 5) is 0. The van der Waals surface area contributed by atoms with Gasteiger partial charge in [-0.15, -0.1) is 0 Å². The molecule has 76 valence electrons. The summed E-state index contributed by atoms with van der Waals surface area (Å²) in [6, 6.07) is 5.94. The fourth-order valence-electron chi connectivity index (χ4n) is 1.88. The molecule has 1 aliphatic rings. The smallest absolute Gasteiger partial charge is 0.120 e. The molecule has 3 heteroatoms. The van der Waals surface area contributed by atoms with Crippen molar-refractivity contribution in [3.8, 4) is 5.75 Å². The van der Waals surface area contributed by atoms with Crippen molar-refractivity contribution in [2.75, 3.05) is 20.2 Å². The number of ether oxygens (including phenoxy) is 1. The highest BCUT2D eigenvalue weighted by molar-refractivity contribution is 6.30. The van der Waals surface area contributed by atoms with Gasteiger partial charge in [0.15, 0.2) is 0 Å². The summed E-state index contributed by atoms with van der Waals surface area (Å²) in [5, 5.41) is 4.10. The second kappa shape index (κ2) is 4.20. The number of nitrogens with one attached hydrogen (secondary N) is 1. The second-order valence-electron chi connectivity index (χ2n) is 3.61. The number of hydrogen-bond acceptors (Lipinski definition) is 2. The molecule has 0 bridgehead atoms. The first-order valence-electron chi connectivity index (χ1n) is 4.85. The van der Waals surface area contributed by atoms with Gasteiger partial charge in [-0.05, 0) is 42.6 Å². The molecule has 0 radical (unpaired) electrons. The predicted molar refractivity (Wildman–Crippen MR) is 58.2 cm³/mol. The molecule has 1 saturated heterocycles. The molecule has 0 aliphatic carbocycles. The minimum Gasteiger partial charge on any atom is -0.497 e. The van der Waals surface area contributed by atoms with Crippen LogP contribution in [0.25, 0.3) is 0 Å². The van der Waals surface area contributed by atoms with Crippen molar-refractivity contribution >= 4 is 11.6 Å². The number of benzene rings is 1. The highest BCUT2D eigenvalue weighted by Crippen LogP contribution is 2.29. The lowest BCUT2D eigenvalue weighted by molar-refractivity contribution is 0.414. The first-order valence-corrected chi connectivity index (χ1v) is 5.22. The van der Waals surface area contributed by atoms with Gasteiger partial charge < -0.3 is 10.1 Å². The average Bonchev–Trinajstić information content (AvgIpc) is 2.69. The fourth-order valence-corrected chi connectivity index (χ4v) is 2.11. The maximum Gasteiger partial charge on any atom is 0.120 e. The van der Waals surface area contributed by atoms with Gasteiger partial charge in [-0.1, -0.05) is 11.6 Å². The molecule has 0 saturated carbocycles. The van der Waals surface area contributed by atoms with Crippen molar-refractivity contribution in [2.45, 2.75) is 12.3 Å². The van der Waals surface area contributed by atoms with Gasteiger partial charge in [0, 0.05) is 11.6 Å². The topological polar surface area (TPSA) is 21.3 Å². The average molecular weight is 212 g/mol. The van der Waals surface area contributed by atoms with E-state index in [0.717, 1.165) is 23.9 Å². The van der Waals surface area contributed by atoms with Crippen LogP contribution in [0.15, 0.2) is 18.2 Å². The molecule has 1 N–H and O–H groups in total. The van der Waals surface area contributed by atoms with E-state index in [1.54, 1.807) is 7.11 Å². The van der Waals surface area contributed by atoms with Crippen molar-refractivity contribution in [3.05, 3.63) is 28.8 Å². The van der Waals surface area contributed by atoms with Crippen LogP contribution in [0, 0.1) is 0 Å². The van der Waals surface area contributed by atoms with Crippen LogP contribution in [0.5, 0.6) is 5.75 Å². The zero-order valence-electron chi connectivity index (χ0n) is 8.22. The van der Waals surface area contributed by atoms with Crippen LogP contribution in [-0.2, 0) is 0 Å². The molecule has 14 heavy (non-hydrogen) atoms. The van der Waals surface area contributed by atoms with Gasteiger partial charge in [-0.2, -0.15) is 0 Å². The molecule has 2 rings (SSSR count). The maximum atomic E-state index is 6.01. The van der Waals surface area contributed by atoms with Gasteiger partial charge in [0.2, 0.25) is 0 Å². The first kappa shape index (κ1) is 9.81. The third-order valence-corrected chi connectivity index (χ3v) is 2.88. The van der Waals surface area contributed by atoms with E-state index in [1.807, 2.05) is 12.1 Å². The quantitative estimate of drug-likeness (QED) is 0.812. The highest BCUT2D eigenvalue weighted by atomic mass is 35.5. The summed E-state index contributed by atoms with van der Waals surface area (Å²) in [6.07, 6.45) is 1.18. The van der Waals surface area contributed by atoms with Gasteiger partial charge >= 0.3 is 0 Å². The van der Waals surface area contributed by atoms with E-state index in [0.29, 0.717) is 5.92 Å². The van der Waals surface area contributed by atoms with E-state index in [-0.39, 0.29) is 0 Å². The monoisotopic (exact) mass is 211 g/mol. The van der Waals surface area contributed by atoms with Gasteiger partial charge in [0.05, 0.1) is 7.11 Å². The van der Waals surface area contributed by atoms with Gasteiger partial charge in [0.1, 0.15) is 5.75 Å². The molecule has 0 aromatic heterocycles. The summed E-state index contributed by atoms with van der Waals surface area (Å²) < 4.78 is 5.19. The van der Waals surface area contributed by atoms with Gasteiger partial charge in [0.25, 0.3) is 0 Å². The van der Waals surface area contributed by atoms with Crippen molar-refractivity contribution in [1.29, 1.82) is 0 Å². The van der Waals surface area contributed by atoms with E-state index < -0.39 is 0 Å². The van der Waals surface area contributed by atoms with Crippen LogP contribution in [-0.4, -0.2) is 20.2 Å². The van der Waals surface area contributed by atoms with Crippen LogP contribution in [0.3, 0.4) is 0 Å². The SMILES string of the molecule is COc1cc(Cl)cc([C@@H]2CCNC2)c1. The Balaban J connectivity index is 2.27. The zero-order chi connectivity index (χ0) is 9.97. The third-order valence-electron chi connectivity index (χ3n) is 2.66. The van der Waals surface area contributed by atoms with E-state index in [9.17, 15) is 0 Å². The van der Waals surface area contributed by atoms with Crippen molar-refractivity contribution < 1.29 is 4.74 Å². The summed E-state index contributed by atoms with van der Waals surface area (Å²) >= 11 is 6.01. The van der Waals surface area contributed by atoms with Crippen LogP contribution in [0.1, 0.15) is 17.9 Å². The molecule has 1 aliphatic heterocycles. The normalized spacial score (nSPS) is 21.1. The van der Waals surface area contributed by atoms with Crippen LogP contribution < -0.4 is 10.1 Å². The Labute approximate surface area is 89.2 Å². The highest BCUT2D eigenvalue weighted by Gasteiger charge is 2.17. The number of halogens is 1. The lowest BCUT2D eigenvalue weighted by Crippen LogP contribution is -2.08. The largest absolute Gasteiger partial charge is 0.497 e. The van der Waals surface area contributed by atoms with Crippen LogP contribution >= 0.6 is 11.6 Å². The molecule has 0 spiro atoms. The second-order valence-corrected chi connectivity index (χ2v) is 4.05. The number of rotatable bonds is 2. The molecule has 1 aromatic carbocycles. The molecule has 1 heterocycles. The molecule has 0 amide bonds. The van der Waals surface area contributed by atoms with Crippen LogP contribution in [0.4, 0.5) is 0 Å². The summed E-state index contributed by atoms with van der Waals surface area (Å²) in [5.41, 5.74) is 1.28. The maximum absolute atomic E-state index is 6.01. The molecule has 1 atom stereocenters. The number of methoxy groups -OCH3 is 1.